The molecule has 3 aliphatic rings. The van der Waals surface area contributed by atoms with Crippen molar-refractivity contribution in [3.05, 3.63) is 25.3 Å². The van der Waals surface area contributed by atoms with Crippen LogP contribution in [0.5, 0.6) is 0 Å². The molecule has 3 fully saturated rings. The fourth-order valence-electron chi connectivity index (χ4n) is 5.54. The van der Waals surface area contributed by atoms with Crippen molar-refractivity contribution in [1.82, 2.24) is 9.80 Å². The Kier molecular flexibility index (Phi) is 7.44. The van der Waals surface area contributed by atoms with Crippen LogP contribution in [0.15, 0.2) is 25.3 Å². The summed E-state index contributed by atoms with van der Waals surface area (Å²) in [5, 5.41) is 9.23. The van der Waals surface area contributed by atoms with Crippen molar-refractivity contribution >= 4 is 29.5 Å². The maximum atomic E-state index is 14.0. The summed E-state index contributed by atoms with van der Waals surface area (Å²) < 4.78 is 4.74. The molecule has 0 saturated carbocycles. The first-order chi connectivity index (χ1) is 15.1. The lowest BCUT2D eigenvalue weighted by molar-refractivity contribution is -0.153. The van der Waals surface area contributed by atoms with Crippen molar-refractivity contribution in [2.75, 3.05) is 26.3 Å². The zero-order valence-electron chi connectivity index (χ0n) is 19.4. The van der Waals surface area contributed by atoms with Gasteiger partial charge in [-0.1, -0.05) is 18.7 Å². The summed E-state index contributed by atoms with van der Waals surface area (Å²) in [6.45, 7) is 14.3. The van der Waals surface area contributed by atoms with E-state index in [1.165, 1.54) is 6.08 Å². The summed E-state index contributed by atoms with van der Waals surface area (Å²) in [5.41, 5.74) is -0.441. The Labute approximate surface area is 195 Å². The number of amides is 2. The molecule has 2 amide bonds. The number of nitrogens with zero attached hydrogens (tertiary/aromatic N) is 2. The number of rotatable bonds is 10. The number of ether oxygens (including phenoxy) is 1. The largest absolute Gasteiger partial charge is 0.461 e. The van der Waals surface area contributed by atoms with Gasteiger partial charge >= 0.3 is 5.97 Å². The molecule has 5 atom stereocenters. The lowest BCUT2D eigenvalue weighted by atomic mass is 9.71. The lowest BCUT2D eigenvalue weighted by Gasteiger charge is -2.42. The number of esters is 1. The molecule has 0 aromatic rings. The molecule has 1 spiro atoms. The second-order valence-electron chi connectivity index (χ2n) is 9.85. The van der Waals surface area contributed by atoms with E-state index in [9.17, 15) is 19.5 Å². The average molecular weight is 465 g/mol. The summed E-state index contributed by atoms with van der Waals surface area (Å²) in [6, 6.07) is -0.634. The van der Waals surface area contributed by atoms with Gasteiger partial charge in [0.25, 0.3) is 0 Å². The molecule has 0 aromatic heterocycles. The Balaban J connectivity index is 2.01. The first-order valence-corrected chi connectivity index (χ1v) is 12.3. The highest BCUT2D eigenvalue weighted by Crippen LogP contribution is 2.66. The van der Waals surface area contributed by atoms with Crippen LogP contribution in [0.2, 0.25) is 0 Å². The predicted octanol–water partition coefficient (Wildman–Crippen LogP) is 2.39. The molecule has 3 heterocycles. The molecule has 3 rings (SSSR count). The van der Waals surface area contributed by atoms with Gasteiger partial charge in [-0.15, -0.1) is 18.3 Å². The van der Waals surface area contributed by atoms with Crippen molar-refractivity contribution in [1.29, 1.82) is 0 Å². The molecule has 8 heteroatoms. The summed E-state index contributed by atoms with van der Waals surface area (Å²) in [4.78, 5) is 44.2. The number of hydrogen-bond acceptors (Lipinski definition) is 6. The highest BCUT2D eigenvalue weighted by molar-refractivity contribution is 8.02. The van der Waals surface area contributed by atoms with E-state index in [0.717, 1.165) is 12.8 Å². The Morgan fingerprint density at radius 1 is 1.31 bits per heavy atom. The third-order valence-corrected chi connectivity index (χ3v) is 8.80. The number of aliphatic hydroxyl groups excluding tert-OH is 1. The number of likely N-dealkylation sites (tertiary alicyclic amines) is 1. The summed E-state index contributed by atoms with van der Waals surface area (Å²) in [6.07, 6.45) is 5.90. The highest BCUT2D eigenvalue weighted by atomic mass is 32.2. The third-order valence-electron chi connectivity index (χ3n) is 6.84. The van der Waals surface area contributed by atoms with E-state index in [1.807, 2.05) is 20.8 Å². The molecule has 1 N–H and O–H groups in total. The standard InChI is InChI=1S/C24H36N2O5S/c1-6-12-26(23(3,4)5)21(29)19-24-11-10-16(32-24)17(22(30)31-15-7-2)18(24)20(28)25(19)13-8-9-14-27/h6-7,16-19,27H,1-2,8-15H2,3-5H3/t16-,17+,18+,19?,24?/m1/s1. The number of carbonyl (C=O) groups is 3. The van der Waals surface area contributed by atoms with Gasteiger partial charge in [0.2, 0.25) is 11.8 Å². The van der Waals surface area contributed by atoms with E-state index in [4.69, 9.17) is 4.74 Å². The van der Waals surface area contributed by atoms with E-state index in [0.29, 0.717) is 25.9 Å². The molecule has 0 aromatic carbocycles. The third kappa shape index (κ3) is 4.12. The minimum absolute atomic E-state index is 0.0151. The van der Waals surface area contributed by atoms with Crippen LogP contribution in [-0.2, 0) is 19.1 Å². The Morgan fingerprint density at radius 2 is 2.03 bits per heavy atom. The van der Waals surface area contributed by atoms with E-state index in [1.54, 1.807) is 27.6 Å². The summed E-state index contributed by atoms with van der Waals surface area (Å²) >= 11 is 1.64. The number of hydrogen-bond donors (Lipinski definition) is 1. The van der Waals surface area contributed by atoms with Crippen LogP contribution in [0.4, 0.5) is 0 Å². The summed E-state index contributed by atoms with van der Waals surface area (Å²) in [7, 11) is 0. The van der Waals surface area contributed by atoms with Gasteiger partial charge in [0.05, 0.1) is 16.6 Å². The van der Waals surface area contributed by atoms with Gasteiger partial charge in [-0.2, -0.15) is 0 Å². The van der Waals surface area contributed by atoms with Crippen LogP contribution in [0.1, 0.15) is 46.5 Å². The Hall–Kier alpha value is -1.80. The van der Waals surface area contributed by atoms with Crippen LogP contribution < -0.4 is 0 Å². The van der Waals surface area contributed by atoms with Crippen LogP contribution >= 0.6 is 11.8 Å². The normalized spacial score (nSPS) is 30.9. The van der Waals surface area contributed by atoms with Crippen molar-refractivity contribution in [2.45, 2.75) is 68.0 Å². The quantitative estimate of drug-likeness (QED) is 0.304. The van der Waals surface area contributed by atoms with Gasteiger partial charge in [-0.25, -0.2) is 0 Å². The van der Waals surface area contributed by atoms with Gasteiger partial charge in [0, 0.05) is 30.5 Å². The Bertz CT molecular complexity index is 779. The van der Waals surface area contributed by atoms with Crippen LogP contribution in [-0.4, -0.2) is 80.6 Å². The van der Waals surface area contributed by atoms with Crippen LogP contribution in [0, 0.1) is 11.8 Å². The molecule has 2 bridgehead atoms. The molecular formula is C24H36N2O5S. The van der Waals surface area contributed by atoms with Crippen LogP contribution in [0.3, 0.4) is 0 Å². The maximum Gasteiger partial charge on any atom is 0.311 e. The second kappa shape index (κ2) is 9.59. The smallest absolute Gasteiger partial charge is 0.311 e. The zero-order valence-corrected chi connectivity index (χ0v) is 20.2. The van der Waals surface area contributed by atoms with Crippen LogP contribution in [0.25, 0.3) is 0 Å². The molecule has 2 unspecified atom stereocenters. The van der Waals surface area contributed by atoms with Gasteiger partial charge < -0.3 is 19.6 Å². The van der Waals surface area contributed by atoms with E-state index in [-0.39, 0.29) is 36.2 Å². The fraction of sp³-hybridized carbons (Fsp3) is 0.708. The van der Waals surface area contributed by atoms with Crippen molar-refractivity contribution in [3.63, 3.8) is 0 Å². The Morgan fingerprint density at radius 3 is 2.62 bits per heavy atom. The van der Waals surface area contributed by atoms with Gasteiger partial charge in [0.15, 0.2) is 0 Å². The first-order valence-electron chi connectivity index (χ1n) is 11.4. The molecule has 178 valence electrons. The zero-order chi connectivity index (χ0) is 23.7. The topological polar surface area (TPSA) is 87.1 Å². The fourth-order valence-corrected chi connectivity index (χ4v) is 7.74. The maximum absolute atomic E-state index is 14.0. The minimum atomic E-state index is -0.634. The summed E-state index contributed by atoms with van der Waals surface area (Å²) in [5.74, 6) is -1.70. The number of thioether (sulfide) groups is 1. The number of fused-ring (bicyclic) bond motifs is 1. The van der Waals surface area contributed by atoms with Gasteiger partial charge in [0.1, 0.15) is 12.6 Å². The monoisotopic (exact) mass is 464 g/mol. The molecule has 32 heavy (non-hydrogen) atoms. The number of carbonyl (C=O) groups excluding carboxylic acids is 3. The second-order valence-corrected chi connectivity index (χ2v) is 11.4. The van der Waals surface area contributed by atoms with E-state index >= 15 is 0 Å². The van der Waals surface area contributed by atoms with Crippen molar-refractivity contribution in [3.8, 4) is 0 Å². The van der Waals surface area contributed by atoms with Gasteiger partial charge in [-0.05, 0) is 46.5 Å². The molecule has 0 aliphatic carbocycles. The average Bonchev–Trinajstić information content (AvgIpc) is 3.37. The minimum Gasteiger partial charge on any atom is -0.461 e. The molecule has 7 nitrogen and oxygen atoms in total. The first kappa shape index (κ1) is 24.8. The SMILES string of the molecule is C=CCOC(=O)[C@@H]1[C@H]2C(=O)N(CCCCO)C(C(=O)N(CC=C)C(C)(C)C)C23CC[C@H]1S3. The lowest BCUT2D eigenvalue weighted by Crippen LogP contribution is -2.58. The molecule has 3 aliphatic heterocycles. The molecule has 3 saturated heterocycles. The van der Waals surface area contributed by atoms with Gasteiger partial charge in [-0.3, -0.25) is 14.4 Å². The van der Waals surface area contributed by atoms with Crippen molar-refractivity contribution in [2.24, 2.45) is 11.8 Å². The number of aliphatic hydroxyl groups is 1. The highest BCUT2D eigenvalue weighted by Gasteiger charge is 2.74. The molecule has 0 radical (unpaired) electrons. The van der Waals surface area contributed by atoms with E-state index < -0.39 is 28.2 Å². The van der Waals surface area contributed by atoms with E-state index in [2.05, 4.69) is 13.2 Å². The number of unbranched alkanes of at least 4 members (excludes halogenated alkanes) is 1. The predicted molar refractivity (Wildman–Crippen MR) is 125 cm³/mol. The van der Waals surface area contributed by atoms with Crippen molar-refractivity contribution < 1.29 is 24.2 Å². The molecular weight excluding hydrogens is 428 g/mol.